The van der Waals surface area contributed by atoms with Crippen LogP contribution in [0.1, 0.15) is 55.4 Å². The first kappa shape index (κ1) is 19.0. The number of ketones is 1. The second-order valence-corrected chi connectivity index (χ2v) is 6.30. The molecule has 0 aliphatic carbocycles. The highest BCUT2D eigenvalue weighted by Crippen LogP contribution is 2.30. The van der Waals surface area contributed by atoms with Crippen molar-refractivity contribution in [1.29, 1.82) is 0 Å². The van der Waals surface area contributed by atoms with E-state index in [0.717, 1.165) is 29.0 Å². The lowest BCUT2D eigenvalue weighted by Crippen LogP contribution is -2.12. The normalized spacial score (nSPS) is 11.9. The van der Waals surface area contributed by atoms with Crippen LogP contribution in [0.15, 0.2) is 36.4 Å². The van der Waals surface area contributed by atoms with Gasteiger partial charge in [0.25, 0.3) is 0 Å². The maximum absolute atomic E-state index is 12.2. The zero-order valence-electron chi connectivity index (χ0n) is 15.9. The molecule has 25 heavy (non-hydrogen) atoms. The SMILES string of the molecule is CCC(=O)C(C)c1cccc(OC)c1COc1ccc(CC)c(C)c1. The van der Waals surface area contributed by atoms with Crippen LogP contribution in [0.5, 0.6) is 11.5 Å². The molecule has 0 amide bonds. The van der Waals surface area contributed by atoms with Crippen molar-refractivity contribution in [3.05, 3.63) is 58.7 Å². The van der Waals surface area contributed by atoms with E-state index >= 15 is 0 Å². The maximum Gasteiger partial charge on any atom is 0.139 e. The lowest BCUT2D eigenvalue weighted by Gasteiger charge is -2.19. The summed E-state index contributed by atoms with van der Waals surface area (Å²) in [6, 6.07) is 12.0. The van der Waals surface area contributed by atoms with Gasteiger partial charge in [-0.3, -0.25) is 4.79 Å². The first-order chi connectivity index (χ1) is 12.0. The molecule has 1 atom stereocenters. The molecule has 0 saturated heterocycles. The fourth-order valence-electron chi connectivity index (χ4n) is 3.12. The predicted molar refractivity (Wildman–Crippen MR) is 102 cm³/mol. The molecule has 0 saturated carbocycles. The molecule has 134 valence electrons. The molecule has 2 aromatic rings. The van der Waals surface area contributed by atoms with Crippen LogP contribution < -0.4 is 9.47 Å². The number of methoxy groups -OCH3 is 1. The number of hydrogen-bond acceptors (Lipinski definition) is 3. The van der Waals surface area contributed by atoms with Crippen LogP contribution in [0.2, 0.25) is 0 Å². The van der Waals surface area contributed by atoms with Gasteiger partial charge in [0.2, 0.25) is 0 Å². The third kappa shape index (κ3) is 4.41. The number of aryl methyl sites for hydroxylation is 2. The summed E-state index contributed by atoms with van der Waals surface area (Å²) in [7, 11) is 1.65. The molecular weight excluding hydrogens is 312 g/mol. The molecule has 0 aliphatic heterocycles. The molecule has 3 nitrogen and oxygen atoms in total. The van der Waals surface area contributed by atoms with E-state index in [-0.39, 0.29) is 11.7 Å². The zero-order chi connectivity index (χ0) is 18.4. The number of carbonyl (C=O) groups is 1. The van der Waals surface area contributed by atoms with E-state index in [1.54, 1.807) is 7.11 Å². The average molecular weight is 340 g/mol. The van der Waals surface area contributed by atoms with Gasteiger partial charge in [0.1, 0.15) is 23.9 Å². The number of ether oxygens (including phenoxy) is 2. The molecule has 0 fully saturated rings. The molecule has 2 rings (SSSR count). The Morgan fingerprint density at radius 2 is 1.92 bits per heavy atom. The maximum atomic E-state index is 12.2. The summed E-state index contributed by atoms with van der Waals surface area (Å²) in [6.07, 6.45) is 1.54. The molecule has 3 heteroatoms. The van der Waals surface area contributed by atoms with Gasteiger partial charge in [-0.05, 0) is 48.2 Å². The summed E-state index contributed by atoms with van der Waals surface area (Å²) >= 11 is 0. The van der Waals surface area contributed by atoms with Crippen LogP contribution in [0.3, 0.4) is 0 Å². The van der Waals surface area contributed by atoms with Gasteiger partial charge in [0.15, 0.2) is 0 Å². The molecule has 0 aliphatic rings. The Morgan fingerprint density at radius 1 is 1.16 bits per heavy atom. The van der Waals surface area contributed by atoms with E-state index in [1.165, 1.54) is 11.1 Å². The van der Waals surface area contributed by atoms with Crippen molar-refractivity contribution < 1.29 is 14.3 Å². The van der Waals surface area contributed by atoms with Crippen molar-refractivity contribution in [3.8, 4) is 11.5 Å². The summed E-state index contributed by atoms with van der Waals surface area (Å²) in [4.78, 5) is 12.2. The minimum Gasteiger partial charge on any atom is -0.496 e. The van der Waals surface area contributed by atoms with Gasteiger partial charge in [-0.2, -0.15) is 0 Å². The van der Waals surface area contributed by atoms with Gasteiger partial charge < -0.3 is 9.47 Å². The third-order valence-electron chi connectivity index (χ3n) is 4.77. The van der Waals surface area contributed by atoms with Crippen LogP contribution in [0.25, 0.3) is 0 Å². The van der Waals surface area contributed by atoms with Gasteiger partial charge in [-0.1, -0.05) is 39.0 Å². The number of benzene rings is 2. The fourth-order valence-corrected chi connectivity index (χ4v) is 3.12. The molecule has 0 N–H and O–H groups in total. The number of hydrogen-bond donors (Lipinski definition) is 0. The molecule has 0 aromatic heterocycles. The van der Waals surface area contributed by atoms with Crippen molar-refractivity contribution in [1.82, 2.24) is 0 Å². The topological polar surface area (TPSA) is 35.5 Å². The second-order valence-electron chi connectivity index (χ2n) is 6.30. The lowest BCUT2D eigenvalue weighted by atomic mass is 9.91. The third-order valence-corrected chi connectivity index (χ3v) is 4.77. The zero-order valence-corrected chi connectivity index (χ0v) is 15.9. The van der Waals surface area contributed by atoms with Crippen LogP contribution in [0, 0.1) is 6.92 Å². The van der Waals surface area contributed by atoms with Gasteiger partial charge in [0.05, 0.1) is 7.11 Å². The highest BCUT2D eigenvalue weighted by Gasteiger charge is 2.20. The van der Waals surface area contributed by atoms with Gasteiger partial charge >= 0.3 is 0 Å². The molecule has 1 unspecified atom stereocenters. The standard InChI is InChI=1S/C22H28O3/c1-6-17-11-12-18(13-15(17)3)25-14-20-19(16(4)21(23)7-2)9-8-10-22(20)24-5/h8-13,16H,6-7,14H2,1-5H3. The Kier molecular flexibility index (Phi) is 6.63. The number of carbonyl (C=O) groups excluding carboxylic acids is 1. The number of Topliss-reactive ketones (excluding diaryl/α,β-unsaturated/α-hetero) is 1. The van der Waals surface area contributed by atoms with E-state index in [0.29, 0.717) is 13.0 Å². The molecule has 0 bridgehead atoms. The molecule has 0 spiro atoms. The first-order valence-electron chi connectivity index (χ1n) is 8.92. The van der Waals surface area contributed by atoms with E-state index in [1.807, 2.05) is 38.1 Å². The van der Waals surface area contributed by atoms with Gasteiger partial charge in [-0.25, -0.2) is 0 Å². The molecule has 2 aromatic carbocycles. The van der Waals surface area contributed by atoms with Crippen LogP contribution in [0.4, 0.5) is 0 Å². The Labute approximate surface area is 151 Å². The second kappa shape index (κ2) is 8.70. The van der Waals surface area contributed by atoms with E-state index < -0.39 is 0 Å². The summed E-state index contributed by atoms with van der Waals surface area (Å²) in [5.41, 5.74) is 4.48. The Hall–Kier alpha value is -2.29. The van der Waals surface area contributed by atoms with Crippen molar-refractivity contribution in [2.45, 2.75) is 53.1 Å². The van der Waals surface area contributed by atoms with E-state index in [9.17, 15) is 4.79 Å². The largest absolute Gasteiger partial charge is 0.496 e. The minimum absolute atomic E-state index is 0.164. The summed E-state index contributed by atoms with van der Waals surface area (Å²) in [6.45, 7) is 8.47. The van der Waals surface area contributed by atoms with Crippen LogP contribution in [-0.2, 0) is 17.8 Å². The predicted octanol–water partition coefficient (Wildman–Crippen LogP) is 5.23. The van der Waals surface area contributed by atoms with Gasteiger partial charge in [-0.15, -0.1) is 0 Å². The first-order valence-corrected chi connectivity index (χ1v) is 8.92. The van der Waals surface area contributed by atoms with Crippen molar-refractivity contribution in [3.63, 3.8) is 0 Å². The Morgan fingerprint density at radius 3 is 2.52 bits per heavy atom. The smallest absolute Gasteiger partial charge is 0.139 e. The highest BCUT2D eigenvalue weighted by molar-refractivity contribution is 5.85. The van der Waals surface area contributed by atoms with Crippen molar-refractivity contribution in [2.75, 3.05) is 7.11 Å². The highest BCUT2D eigenvalue weighted by atomic mass is 16.5. The van der Waals surface area contributed by atoms with Crippen molar-refractivity contribution in [2.24, 2.45) is 0 Å². The minimum atomic E-state index is -0.164. The van der Waals surface area contributed by atoms with Crippen LogP contribution in [-0.4, -0.2) is 12.9 Å². The van der Waals surface area contributed by atoms with Crippen molar-refractivity contribution >= 4 is 5.78 Å². The monoisotopic (exact) mass is 340 g/mol. The number of rotatable bonds is 8. The molecular formula is C22H28O3. The average Bonchev–Trinajstić information content (AvgIpc) is 2.64. The molecule has 0 radical (unpaired) electrons. The summed E-state index contributed by atoms with van der Waals surface area (Å²) in [5.74, 6) is 1.65. The van der Waals surface area contributed by atoms with Gasteiger partial charge in [0, 0.05) is 17.9 Å². The summed E-state index contributed by atoms with van der Waals surface area (Å²) < 4.78 is 11.5. The van der Waals surface area contributed by atoms with Crippen LogP contribution >= 0.6 is 0 Å². The quantitative estimate of drug-likeness (QED) is 0.660. The lowest BCUT2D eigenvalue weighted by molar-refractivity contribution is -0.119. The Balaban J connectivity index is 2.28. The fraction of sp³-hybridized carbons (Fsp3) is 0.409. The van der Waals surface area contributed by atoms with E-state index in [4.69, 9.17) is 9.47 Å². The van der Waals surface area contributed by atoms with E-state index in [2.05, 4.69) is 26.0 Å². The Bertz CT molecular complexity index is 734. The summed E-state index contributed by atoms with van der Waals surface area (Å²) in [5, 5.41) is 0. The molecule has 0 heterocycles.